The Morgan fingerprint density at radius 3 is 2.19 bits per heavy atom. The van der Waals surface area contributed by atoms with Gasteiger partial charge >= 0.3 is 6.03 Å². The zero-order chi connectivity index (χ0) is 19.9. The minimum absolute atomic E-state index is 0.132. The second kappa shape index (κ2) is 9.30. The molecule has 144 valence electrons. The molecule has 0 fully saturated rings. The first-order valence-electron chi connectivity index (χ1n) is 8.23. The van der Waals surface area contributed by atoms with Crippen LogP contribution in [0.15, 0.2) is 16.7 Å². The summed E-state index contributed by atoms with van der Waals surface area (Å²) in [4.78, 5) is 14.0. The molecule has 0 unspecified atom stereocenters. The number of hydrogen-bond acceptors (Lipinski definition) is 4. The molecule has 0 heterocycles. The summed E-state index contributed by atoms with van der Waals surface area (Å²) in [6, 6.07) is 3.16. The molecule has 0 bridgehead atoms. The number of phenolic OH excluding ortho intramolecular Hbond substituents is 1. The first-order chi connectivity index (χ1) is 12.1. The van der Waals surface area contributed by atoms with E-state index in [1.807, 2.05) is 39.8 Å². The number of urea groups is 1. The fraction of sp³-hybridized carbons (Fsp3) is 0.562. The second-order valence-corrected chi connectivity index (χ2v) is 8.23. The van der Waals surface area contributed by atoms with E-state index in [-0.39, 0.29) is 30.7 Å². The summed E-state index contributed by atoms with van der Waals surface area (Å²) in [5.41, 5.74) is 10.6. The largest absolute Gasteiger partial charge is 0.507 e. The molecule has 0 spiro atoms. The first-order valence-corrected chi connectivity index (χ1v) is 9.84. The van der Waals surface area contributed by atoms with Crippen LogP contribution in [0.25, 0.3) is 10.4 Å². The number of amides is 2. The Morgan fingerprint density at radius 1 is 1.19 bits per heavy atom. The molecule has 9 nitrogen and oxygen atoms in total. The number of carbonyl (C=O) groups is 1. The van der Waals surface area contributed by atoms with E-state index in [1.54, 1.807) is 0 Å². The lowest BCUT2D eigenvalue weighted by Crippen LogP contribution is -2.37. The van der Waals surface area contributed by atoms with Crippen molar-refractivity contribution in [2.75, 3.05) is 12.3 Å². The molecule has 1 aromatic carbocycles. The summed E-state index contributed by atoms with van der Waals surface area (Å²) in [5, 5.41) is 15.4. The Labute approximate surface area is 153 Å². The number of sulfonamides is 1. The number of nitrogens with zero attached hydrogens (tertiary/aromatic N) is 3. The number of rotatable bonds is 8. The summed E-state index contributed by atoms with van der Waals surface area (Å²) in [7, 11) is -3.89. The number of azide groups is 1. The van der Waals surface area contributed by atoms with Gasteiger partial charge in [0.25, 0.3) is 0 Å². The maximum absolute atomic E-state index is 11.8. The quantitative estimate of drug-likeness (QED) is 0.360. The van der Waals surface area contributed by atoms with Gasteiger partial charge in [-0.2, -0.15) is 0 Å². The SMILES string of the molecule is CC(C)c1cc(CNC(=O)NCCS(=O)(=O)N=[N+]=[N-])cc(C(C)C)c1O. The fourth-order valence-corrected chi connectivity index (χ4v) is 2.91. The van der Waals surface area contributed by atoms with Crippen molar-refractivity contribution < 1.29 is 18.3 Å². The summed E-state index contributed by atoms with van der Waals surface area (Å²) in [6.45, 7) is 7.98. The molecule has 1 rings (SSSR count). The van der Waals surface area contributed by atoms with Crippen LogP contribution in [0.2, 0.25) is 0 Å². The molecule has 0 aliphatic rings. The zero-order valence-electron chi connectivity index (χ0n) is 15.4. The molecule has 0 radical (unpaired) electrons. The molecule has 1 aromatic rings. The van der Waals surface area contributed by atoms with Gasteiger partial charge in [-0.25, -0.2) is 13.2 Å². The third-order valence-electron chi connectivity index (χ3n) is 3.73. The summed E-state index contributed by atoms with van der Waals surface area (Å²) in [6.07, 6.45) is 0. The van der Waals surface area contributed by atoms with Gasteiger partial charge < -0.3 is 15.7 Å². The molecule has 2 amide bonds. The van der Waals surface area contributed by atoms with Gasteiger partial charge in [0.1, 0.15) is 5.75 Å². The lowest BCUT2D eigenvalue weighted by molar-refractivity contribution is 0.241. The smallest absolute Gasteiger partial charge is 0.315 e. The van der Waals surface area contributed by atoms with Crippen molar-refractivity contribution in [1.29, 1.82) is 0 Å². The standard InChI is InChI=1S/C16H25N5O4S/c1-10(2)13-7-12(8-14(11(3)4)15(13)22)9-19-16(23)18-5-6-26(24,25)21-20-17/h7-8,10-11,22H,5-6,9H2,1-4H3,(H2,18,19,23). The molecule has 26 heavy (non-hydrogen) atoms. The highest BCUT2D eigenvalue weighted by Gasteiger charge is 2.15. The highest BCUT2D eigenvalue weighted by atomic mass is 32.2. The van der Waals surface area contributed by atoms with E-state index in [4.69, 9.17) is 5.53 Å². The van der Waals surface area contributed by atoms with Crippen molar-refractivity contribution in [3.05, 3.63) is 39.3 Å². The maximum atomic E-state index is 11.8. The molecule has 0 saturated heterocycles. The van der Waals surface area contributed by atoms with E-state index >= 15 is 0 Å². The Bertz CT molecular complexity index is 770. The van der Waals surface area contributed by atoms with E-state index in [0.717, 1.165) is 16.7 Å². The topological polar surface area (TPSA) is 144 Å². The Morgan fingerprint density at radius 2 is 1.73 bits per heavy atom. The van der Waals surface area contributed by atoms with Crippen molar-refractivity contribution in [2.45, 2.75) is 46.1 Å². The van der Waals surface area contributed by atoms with Gasteiger partial charge in [0.15, 0.2) is 0 Å². The third-order valence-corrected chi connectivity index (χ3v) is 4.77. The van der Waals surface area contributed by atoms with Crippen molar-refractivity contribution in [3.8, 4) is 5.75 Å². The van der Waals surface area contributed by atoms with Crippen LogP contribution in [0.5, 0.6) is 5.75 Å². The molecule has 0 aliphatic carbocycles. The Balaban J connectivity index is 2.72. The summed E-state index contributed by atoms with van der Waals surface area (Å²) >= 11 is 0. The van der Waals surface area contributed by atoms with Gasteiger partial charge in [-0.1, -0.05) is 39.8 Å². The minimum Gasteiger partial charge on any atom is -0.507 e. The van der Waals surface area contributed by atoms with E-state index < -0.39 is 21.8 Å². The van der Waals surface area contributed by atoms with Crippen LogP contribution in [-0.2, 0) is 16.6 Å². The van der Waals surface area contributed by atoms with Crippen LogP contribution in [0.3, 0.4) is 0 Å². The predicted octanol–water partition coefficient (Wildman–Crippen LogP) is 3.08. The molecular formula is C16H25N5O4S. The Kier molecular flexibility index (Phi) is 7.73. The fourth-order valence-electron chi connectivity index (χ4n) is 2.36. The van der Waals surface area contributed by atoms with E-state index in [2.05, 4.69) is 20.1 Å². The maximum Gasteiger partial charge on any atom is 0.315 e. The van der Waals surface area contributed by atoms with Gasteiger partial charge in [-0.15, -0.1) is 0 Å². The van der Waals surface area contributed by atoms with Crippen LogP contribution < -0.4 is 10.6 Å². The van der Waals surface area contributed by atoms with Gasteiger partial charge in [0.05, 0.1) is 5.75 Å². The molecule has 0 aromatic heterocycles. The van der Waals surface area contributed by atoms with Gasteiger partial charge in [0, 0.05) is 22.5 Å². The van der Waals surface area contributed by atoms with Crippen LogP contribution >= 0.6 is 0 Å². The van der Waals surface area contributed by atoms with Gasteiger partial charge in [0.2, 0.25) is 10.0 Å². The number of aromatic hydroxyl groups is 1. The number of carbonyl (C=O) groups excluding carboxylic acids is 1. The van der Waals surface area contributed by atoms with Crippen molar-refractivity contribution in [2.24, 2.45) is 4.52 Å². The first kappa shape index (κ1) is 21.6. The molecule has 0 saturated carbocycles. The minimum atomic E-state index is -3.89. The zero-order valence-corrected chi connectivity index (χ0v) is 16.2. The highest BCUT2D eigenvalue weighted by Crippen LogP contribution is 2.34. The van der Waals surface area contributed by atoms with E-state index in [1.165, 1.54) is 0 Å². The van der Waals surface area contributed by atoms with Crippen LogP contribution in [0.4, 0.5) is 4.79 Å². The average molecular weight is 383 g/mol. The van der Waals surface area contributed by atoms with Gasteiger partial charge in [-0.3, -0.25) is 0 Å². The third kappa shape index (κ3) is 6.45. The number of hydrogen-bond donors (Lipinski definition) is 3. The predicted molar refractivity (Wildman–Crippen MR) is 99.5 cm³/mol. The highest BCUT2D eigenvalue weighted by molar-refractivity contribution is 7.90. The number of benzene rings is 1. The second-order valence-electron chi connectivity index (χ2n) is 6.50. The summed E-state index contributed by atoms with van der Waals surface area (Å²) < 4.78 is 25.1. The van der Waals surface area contributed by atoms with Crippen LogP contribution in [-0.4, -0.2) is 31.9 Å². The molecular weight excluding hydrogens is 358 g/mol. The lowest BCUT2D eigenvalue weighted by atomic mass is 9.91. The van der Waals surface area contributed by atoms with Crippen LogP contribution in [0, 0.1) is 0 Å². The molecule has 3 N–H and O–H groups in total. The van der Waals surface area contributed by atoms with Crippen LogP contribution in [0.1, 0.15) is 56.2 Å². The summed E-state index contributed by atoms with van der Waals surface area (Å²) in [5.74, 6) is 0.0735. The van der Waals surface area contributed by atoms with E-state index in [9.17, 15) is 18.3 Å². The number of phenols is 1. The number of nitrogens with one attached hydrogen (secondary N) is 2. The normalized spacial score (nSPS) is 11.3. The monoisotopic (exact) mass is 383 g/mol. The van der Waals surface area contributed by atoms with Crippen molar-refractivity contribution in [3.63, 3.8) is 0 Å². The molecule has 10 heteroatoms. The van der Waals surface area contributed by atoms with Gasteiger partial charge in [-0.05, 0) is 34.1 Å². The Hall–Kier alpha value is -2.45. The molecule has 0 aliphatic heterocycles. The average Bonchev–Trinajstić information content (AvgIpc) is 2.52. The van der Waals surface area contributed by atoms with Crippen molar-refractivity contribution >= 4 is 16.1 Å². The van der Waals surface area contributed by atoms with E-state index in [0.29, 0.717) is 0 Å². The lowest BCUT2D eigenvalue weighted by Gasteiger charge is -2.18. The van der Waals surface area contributed by atoms with Crippen molar-refractivity contribution in [1.82, 2.24) is 10.6 Å². The molecule has 0 atom stereocenters.